The third-order valence-electron chi connectivity index (χ3n) is 10.6. The Kier molecular flexibility index (Phi) is 39.2. The maximum atomic E-state index is 12.9. The van der Waals surface area contributed by atoms with Crippen LogP contribution in [0.5, 0.6) is 0 Å². The van der Waals surface area contributed by atoms with Gasteiger partial charge >= 0.3 is 7.82 Å². The Hall–Kier alpha value is -1.28. The molecule has 0 aliphatic rings. The first-order valence-corrected chi connectivity index (χ1v) is 25.4. The van der Waals surface area contributed by atoms with E-state index in [1.807, 2.05) is 27.2 Å². The second-order valence-corrected chi connectivity index (χ2v) is 18.9. The lowest BCUT2D eigenvalue weighted by molar-refractivity contribution is -0.870. The SMILES string of the molecule is CCCCC/C=C/CC/C=C/CC/C=C/C(O)C(COP(=O)(O)OCC[N+](C)(C)C)NC(=O)CCCCCCCCCCCCCCCCCCCCCCCC. The molecule has 0 spiro atoms. The van der Waals surface area contributed by atoms with Crippen molar-refractivity contribution in [2.45, 2.75) is 225 Å². The number of aliphatic hydroxyl groups is 1. The predicted octanol–water partition coefficient (Wildman–Crippen LogP) is 13.5. The normalized spacial score (nSPS) is 14.6. The van der Waals surface area contributed by atoms with Gasteiger partial charge in [0.25, 0.3) is 0 Å². The highest BCUT2D eigenvalue weighted by atomic mass is 31.2. The molecule has 0 aliphatic carbocycles. The molecular formula is C48H94N2O6P+. The number of likely N-dealkylation sites (N-methyl/N-ethyl adjacent to an activating group) is 1. The van der Waals surface area contributed by atoms with Gasteiger partial charge in [-0.15, -0.1) is 0 Å². The molecule has 0 bridgehead atoms. The average Bonchev–Trinajstić information content (AvgIpc) is 3.16. The van der Waals surface area contributed by atoms with Crippen LogP contribution >= 0.6 is 7.82 Å². The number of carbonyl (C=O) groups excluding carboxylic acids is 1. The van der Waals surface area contributed by atoms with Crippen molar-refractivity contribution in [3.05, 3.63) is 36.5 Å². The molecule has 3 N–H and O–H groups in total. The number of carbonyl (C=O) groups is 1. The number of nitrogens with one attached hydrogen (secondary N) is 1. The lowest BCUT2D eigenvalue weighted by Gasteiger charge is -2.25. The van der Waals surface area contributed by atoms with E-state index in [9.17, 15) is 19.4 Å². The third-order valence-corrected chi connectivity index (χ3v) is 11.6. The van der Waals surface area contributed by atoms with Crippen LogP contribution in [0.3, 0.4) is 0 Å². The number of rotatable bonds is 43. The van der Waals surface area contributed by atoms with Gasteiger partial charge in [0.05, 0.1) is 39.9 Å². The quantitative estimate of drug-likeness (QED) is 0.0245. The second-order valence-electron chi connectivity index (χ2n) is 17.5. The average molecular weight is 826 g/mol. The van der Waals surface area contributed by atoms with Crippen LogP contribution in [0.1, 0.15) is 213 Å². The van der Waals surface area contributed by atoms with Crippen LogP contribution in [0.25, 0.3) is 0 Å². The Labute approximate surface area is 353 Å². The van der Waals surface area contributed by atoms with Crippen molar-refractivity contribution in [3.63, 3.8) is 0 Å². The summed E-state index contributed by atoms with van der Waals surface area (Å²) in [5, 5.41) is 13.8. The highest BCUT2D eigenvalue weighted by Gasteiger charge is 2.27. The fourth-order valence-electron chi connectivity index (χ4n) is 6.78. The van der Waals surface area contributed by atoms with Crippen LogP contribution < -0.4 is 5.32 Å². The van der Waals surface area contributed by atoms with Crippen LogP contribution in [-0.4, -0.2) is 73.4 Å². The topological polar surface area (TPSA) is 105 Å². The first-order chi connectivity index (χ1) is 27.5. The third kappa shape index (κ3) is 42.6. The molecule has 0 aromatic heterocycles. The smallest absolute Gasteiger partial charge is 0.387 e. The van der Waals surface area contributed by atoms with Gasteiger partial charge < -0.3 is 19.8 Å². The standard InChI is InChI=1S/C48H93N2O6P/c1-6-8-10-12-14-16-18-20-21-22-23-24-25-26-27-28-30-32-34-36-38-40-42-48(52)49-46(45-56-57(53,54)55-44-43-50(3,4)5)47(51)41-39-37-35-33-31-29-19-17-15-13-11-9-7-2/h15,17,31,33,39,41,46-47,51H,6-14,16,18-30,32,34-38,40,42-45H2,1-5H3,(H-,49,52,53,54)/p+1/b17-15+,33-31+,41-39+. The van der Waals surface area contributed by atoms with E-state index in [0.717, 1.165) is 51.4 Å². The van der Waals surface area contributed by atoms with Gasteiger partial charge in [0.2, 0.25) is 5.91 Å². The Balaban J connectivity index is 4.30. The minimum atomic E-state index is -4.35. The van der Waals surface area contributed by atoms with Gasteiger partial charge in [-0.05, 0) is 44.9 Å². The Morgan fingerprint density at radius 2 is 0.965 bits per heavy atom. The van der Waals surface area contributed by atoms with E-state index in [1.165, 1.54) is 141 Å². The molecule has 0 aliphatic heterocycles. The van der Waals surface area contributed by atoms with Gasteiger partial charge in [-0.3, -0.25) is 13.8 Å². The Morgan fingerprint density at radius 3 is 1.40 bits per heavy atom. The van der Waals surface area contributed by atoms with Crippen molar-refractivity contribution in [1.82, 2.24) is 5.32 Å². The number of aliphatic hydroxyl groups excluding tert-OH is 1. The highest BCUT2D eigenvalue weighted by Crippen LogP contribution is 2.43. The lowest BCUT2D eigenvalue weighted by atomic mass is 10.0. The molecule has 57 heavy (non-hydrogen) atoms. The molecule has 9 heteroatoms. The Morgan fingerprint density at radius 1 is 0.579 bits per heavy atom. The number of phosphoric ester groups is 1. The van der Waals surface area contributed by atoms with Crippen molar-refractivity contribution in [2.75, 3.05) is 40.9 Å². The van der Waals surface area contributed by atoms with Gasteiger partial charge in [-0.1, -0.05) is 198 Å². The summed E-state index contributed by atoms with van der Waals surface area (Å²) in [6.07, 6.45) is 49.4. The number of nitrogens with zero attached hydrogens (tertiary/aromatic N) is 1. The van der Waals surface area contributed by atoms with E-state index in [1.54, 1.807) is 6.08 Å². The fourth-order valence-corrected chi connectivity index (χ4v) is 7.51. The van der Waals surface area contributed by atoms with Crippen LogP contribution in [0.4, 0.5) is 0 Å². The number of hydrogen-bond donors (Lipinski definition) is 3. The summed E-state index contributed by atoms with van der Waals surface area (Å²) < 4.78 is 23.5. The molecule has 336 valence electrons. The van der Waals surface area contributed by atoms with Gasteiger partial charge in [0, 0.05) is 6.42 Å². The van der Waals surface area contributed by atoms with Crippen LogP contribution in [0.2, 0.25) is 0 Å². The molecule has 0 rings (SSSR count). The zero-order valence-corrected chi connectivity index (χ0v) is 39.0. The summed E-state index contributed by atoms with van der Waals surface area (Å²) >= 11 is 0. The molecule has 8 nitrogen and oxygen atoms in total. The zero-order chi connectivity index (χ0) is 42.1. The number of unbranched alkanes of at least 4 members (excludes halogenated alkanes) is 26. The number of hydrogen-bond acceptors (Lipinski definition) is 5. The molecule has 0 saturated carbocycles. The first kappa shape index (κ1) is 55.7. The molecular weight excluding hydrogens is 732 g/mol. The van der Waals surface area contributed by atoms with E-state index in [2.05, 4.69) is 43.5 Å². The van der Waals surface area contributed by atoms with Gasteiger partial charge in [0.15, 0.2) is 0 Å². The van der Waals surface area contributed by atoms with Crippen molar-refractivity contribution in [3.8, 4) is 0 Å². The van der Waals surface area contributed by atoms with E-state index >= 15 is 0 Å². The van der Waals surface area contributed by atoms with Crippen LogP contribution in [0.15, 0.2) is 36.5 Å². The minimum absolute atomic E-state index is 0.0546. The summed E-state index contributed by atoms with van der Waals surface area (Å²) in [5.41, 5.74) is 0. The number of phosphoric acid groups is 1. The van der Waals surface area contributed by atoms with Crippen molar-refractivity contribution < 1.29 is 32.9 Å². The second kappa shape index (κ2) is 40.1. The summed E-state index contributed by atoms with van der Waals surface area (Å²) in [6, 6.07) is -0.865. The molecule has 0 fully saturated rings. The van der Waals surface area contributed by atoms with Crippen molar-refractivity contribution in [2.24, 2.45) is 0 Å². The van der Waals surface area contributed by atoms with E-state index in [4.69, 9.17) is 9.05 Å². The van der Waals surface area contributed by atoms with Crippen molar-refractivity contribution in [1.29, 1.82) is 0 Å². The maximum absolute atomic E-state index is 12.9. The number of amides is 1. The summed E-state index contributed by atoms with van der Waals surface area (Å²) in [6.45, 7) is 4.76. The predicted molar refractivity (Wildman–Crippen MR) is 244 cm³/mol. The molecule has 1 amide bonds. The summed E-state index contributed by atoms with van der Waals surface area (Å²) in [5.74, 6) is -0.190. The van der Waals surface area contributed by atoms with Gasteiger partial charge in [-0.25, -0.2) is 4.57 Å². The van der Waals surface area contributed by atoms with E-state index in [0.29, 0.717) is 17.4 Å². The highest BCUT2D eigenvalue weighted by molar-refractivity contribution is 7.47. The van der Waals surface area contributed by atoms with Gasteiger partial charge in [0.1, 0.15) is 13.2 Å². The molecule has 3 atom stereocenters. The monoisotopic (exact) mass is 826 g/mol. The largest absolute Gasteiger partial charge is 0.472 e. The number of allylic oxidation sites excluding steroid dienone is 5. The van der Waals surface area contributed by atoms with Crippen LogP contribution in [0, 0.1) is 0 Å². The lowest BCUT2D eigenvalue weighted by Crippen LogP contribution is -2.45. The molecule has 0 aromatic rings. The van der Waals surface area contributed by atoms with Gasteiger partial charge in [-0.2, -0.15) is 0 Å². The summed E-state index contributed by atoms with van der Waals surface area (Å²) in [7, 11) is 1.55. The van der Waals surface area contributed by atoms with E-state index in [-0.39, 0.29) is 19.1 Å². The minimum Gasteiger partial charge on any atom is -0.387 e. The first-order valence-electron chi connectivity index (χ1n) is 23.9. The molecule has 0 heterocycles. The van der Waals surface area contributed by atoms with Crippen LogP contribution in [-0.2, 0) is 18.4 Å². The maximum Gasteiger partial charge on any atom is 0.472 e. The number of quaternary nitrogens is 1. The van der Waals surface area contributed by atoms with Crippen molar-refractivity contribution >= 4 is 13.7 Å². The molecule has 3 unspecified atom stereocenters. The molecule has 0 radical (unpaired) electrons. The zero-order valence-electron chi connectivity index (χ0n) is 38.1. The fraction of sp³-hybridized carbons (Fsp3) is 0.854. The Bertz CT molecular complexity index is 1030. The van der Waals surface area contributed by atoms with E-state index < -0.39 is 20.0 Å². The summed E-state index contributed by atoms with van der Waals surface area (Å²) in [4.78, 5) is 23.1. The molecule has 0 aromatic carbocycles. The molecule has 0 saturated heterocycles.